The van der Waals surface area contributed by atoms with E-state index in [9.17, 15) is 0 Å². The Morgan fingerprint density at radius 3 is 2.93 bits per heavy atom. The van der Waals surface area contributed by atoms with Gasteiger partial charge in [-0.15, -0.1) is 0 Å². The first-order chi connectivity index (χ1) is 7.20. The van der Waals surface area contributed by atoms with E-state index in [1.165, 1.54) is 0 Å². The van der Waals surface area contributed by atoms with E-state index in [0.717, 1.165) is 5.76 Å². The highest BCUT2D eigenvalue weighted by molar-refractivity contribution is 5.56. The van der Waals surface area contributed by atoms with Crippen molar-refractivity contribution in [1.82, 2.24) is 9.78 Å². The Hall–Kier alpha value is -1.75. The zero-order valence-electron chi connectivity index (χ0n) is 8.47. The minimum atomic E-state index is 0.0164. The molecule has 0 fully saturated rings. The van der Waals surface area contributed by atoms with Gasteiger partial charge in [0.2, 0.25) is 0 Å². The molecule has 2 rings (SSSR count). The van der Waals surface area contributed by atoms with Crippen molar-refractivity contribution in [3.05, 3.63) is 24.0 Å². The molecule has 80 valence electrons. The molecule has 0 aromatic carbocycles. The van der Waals surface area contributed by atoms with E-state index in [4.69, 9.17) is 15.3 Å². The third kappa shape index (κ3) is 1.87. The molecule has 0 aliphatic heterocycles. The molecule has 0 saturated heterocycles. The molecule has 0 amide bonds. The molecule has 2 aromatic rings. The first-order valence-corrected chi connectivity index (χ1v) is 4.71. The highest BCUT2D eigenvalue weighted by Gasteiger charge is 2.09. The predicted molar refractivity (Wildman–Crippen MR) is 56.2 cm³/mol. The number of nitrogens with zero attached hydrogens (tertiary/aromatic N) is 2. The second kappa shape index (κ2) is 3.78. The van der Waals surface area contributed by atoms with Gasteiger partial charge in [-0.3, -0.25) is 0 Å². The SMILES string of the molecule is Cc1ccc(-c2cc(N)n(CCO)n2)o1. The Balaban J connectivity index is 2.33. The maximum absolute atomic E-state index is 8.79. The summed E-state index contributed by atoms with van der Waals surface area (Å²) in [6.07, 6.45) is 0. The van der Waals surface area contributed by atoms with E-state index in [1.54, 1.807) is 10.7 Å². The average molecular weight is 207 g/mol. The van der Waals surface area contributed by atoms with Gasteiger partial charge in [-0.2, -0.15) is 5.10 Å². The number of aliphatic hydroxyl groups excluding tert-OH is 1. The number of rotatable bonds is 3. The van der Waals surface area contributed by atoms with Gasteiger partial charge in [0.1, 0.15) is 17.3 Å². The van der Waals surface area contributed by atoms with Gasteiger partial charge in [-0.05, 0) is 19.1 Å². The fourth-order valence-electron chi connectivity index (χ4n) is 1.40. The molecule has 5 heteroatoms. The molecule has 0 radical (unpaired) electrons. The number of furan rings is 1. The molecule has 0 saturated carbocycles. The summed E-state index contributed by atoms with van der Waals surface area (Å²) in [6.45, 7) is 2.28. The van der Waals surface area contributed by atoms with Crippen molar-refractivity contribution in [1.29, 1.82) is 0 Å². The molecular formula is C10H13N3O2. The topological polar surface area (TPSA) is 77.2 Å². The molecule has 0 aliphatic carbocycles. The molecule has 5 nitrogen and oxygen atoms in total. The van der Waals surface area contributed by atoms with Crippen molar-refractivity contribution < 1.29 is 9.52 Å². The number of aliphatic hydroxyl groups is 1. The molecule has 0 aliphatic rings. The van der Waals surface area contributed by atoms with Gasteiger partial charge >= 0.3 is 0 Å². The highest BCUT2D eigenvalue weighted by atomic mass is 16.3. The van der Waals surface area contributed by atoms with Crippen LogP contribution in [0.2, 0.25) is 0 Å². The van der Waals surface area contributed by atoms with Crippen LogP contribution in [0.1, 0.15) is 5.76 Å². The van der Waals surface area contributed by atoms with Crippen LogP contribution < -0.4 is 5.73 Å². The van der Waals surface area contributed by atoms with Crippen molar-refractivity contribution in [2.45, 2.75) is 13.5 Å². The van der Waals surface area contributed by atoms with Gasteiger partial charge < -0.3 is 15.3 Å². The lowest BCUT2D eigenvalue weighted by molar-refractivity contribution is 0.270. The van der Waals surface area contributed by atoms with Gasteiger partial charge in [0.25, 0.3) is 0 Å². The van der Waals surface area contributed by atoms with Crippen molar-refractivity contribution in [2.75, 3.05) is 12.3 Å². The molecule has 2 heterocycles. The van der Waals surface area contributed by atoms with Crippen LogP contribution in [0.4, 0.5) is 5.82 Å². The van der Waals surface area contributed by atoms with Crippen molar-refractivity contribution >= 4 is 5.82 Å². The van der Waals surface area contributed by atoms with E-state index in [1.807, 2.05) is 19.1 Å². The van der Waals surface area contributed by atoms with E-state index < -0.39 is 0 Å². The normalized spacial score (nSPS) is 10.8. The summed E-state index contributed by atoms with van der Waals surface area (Å²) in [5.41, 5.74) is 6.41. The lowest BCUT2D eigenvalue weighted by Crippen LogP contribution is -2.07. The summed E-state index contributed by atoms with van der Waals surface area (Å²) in [5, 5.41) is 13.0. The monoisotopic (exact) mass is 207 g/mol. The standard InChI is InChI=1S/C10H13N3O2/c1-7-2-3-9(15-7)8-6-10(11)13(12-8)4-5-14/h2-3,6,14H,4-5,11H2,1H3. The van der Waals surface area contributed by atoms with E-state index >= 15 is 0 Å². The van der Waals surface area contributed by atoms with Crippen LogP contribution in [0, 0.1) is 6.92 Å². The van der Waals surface area contributed by atoms with Crippen molar-refractivity contribution in [3.63, 3.8) is 0 Å². The first-order valence-electron chi connectivity index (χ1n) is 4.71. The van der Waals surface area contributed by atoms with Gasteiger partial charge in [-0.25, -0.2) is 4.68 Å². The van der Waals surface area contributed by atoms with Crippen LogP contribution in [0.5, 0.6) is 0 Å². The van der Waals surface area contributed by atoms with Crippen LogP contribution >= 0.6 is 0 Å². The maximum Gasteiger partial charge on any atom is 0.154 e. The minimum absolute atomic E-state index is 0.0164. The Bertz CT molecular complexity index is 459. The van der Waals surface area contributed by atoms with Crippen LogP contribution in [-0.2, 0) is 6.54 Å². The van der Waals surface area contributed by atoms with Gasteiger partial charge in [0.15, 0.2) is 5.76 Å². The van der Waals surface area contributed by atoms with Crippen LogP contribution in [0.3, 0.4) is 0 Å². The van der Waals surface area contributed by atoms with Gasteiger partial charge in [-0.1, -0.05) is 0 Å². The molecule has 2 aromatic heterocycles. The van der Waals surface area contributed by atoms with E-state index in [2.05, 4.69) is 5.10 Å². The second-order valence-electron chi connectivity index (χ2n) is 3.31. The molecule has 0 atom stereocenters. The van der Waals surface area contributed by atoms with Crippen molar-refractivity contribution in [3.8, 4) is 11.5 Å². The molecule has 15 heavy (non-hydrogen) atoms. The molecule has 3 N–H and O–H groups in total. The van der Waals surface area contributed by atoms with Gasteiger partial charge in [0, 0.05) is 6.07 Å². The fraction of sp³-hybridized carbons (Fsp3) is 0.300. The predicted octanol–water partition coefficient (Wildman–Crippen LogP) is 1.03. The third-order valence-corrected chi connectivity index (χ3v) is 2.12. The number of aromatic nitrogens is 2. The Labute approximate surface area is 87.1 Å². The van der Waals surface area contributed by atoms with Gasteiger partial charge in [0.05, 0.1) is 13.2 Å². The third-order valence-electron chi connectivity index (χ3n) is 2.12. The fourth-order valence-corrected chi connectivity index (χ4v) is 1.40. The summed E-state index contributed by atoms with van der Waals surface area (Å²) < 4.78 is 6.97. The second-order valence-corrected chi connectivity index (χ2v) is 3.31. The quantitative estimate of drug-likeness (QED) is 0.787. The number of hydrogen-bond donors (Lipinski definition) is 2. The maximum atomic E-state index is 8.79. The Kier molecular flexibility index (Phi) is 2.47. The molecule has 0 bridgehead atoms. The van der Waals surface area contributed by atoms with Crippen LogP contribution in [0.15, 0.2) is 22.6 Å². The van der Waals surface area contributed by atoms with E-state index in [-0.39, 0.29) is 6.61 Å². The summed E-state index contributed by atoms with van der Waals surface area (Å²) in [4.78, 5) is 0. The molecular weight excluding hydrogens is 194 g/mol. The minimum Gasteiger partial charge on any atom is -0.460 e. The smallest absolute Gasteiger partial charge is 0.154 e. The summed E-state index contributed by atoms with van der Waals surface area (Å²) in [5.74, 6) is 2.05. The highest BCUT2D eigenvalue weighted by Crippen LogP contribution is 2.22. The zero-order valence-corrected chi connectivity index (χ0v) is 8.47. The molecule has 0 spiro atoms. The lowest BCUT2D eigenvalue weighted by Gasteiger charge is -1.98. The molecule has 0 unspecified atom stereocenters. The number of hydrogen-bond acceptors (Lipinski definition) is 4. The first kappa shape index (κ1) is 9.79. The summed E-state index contributed by atoms with van der Waals surface area (Å²) >= 11 is 0. The summed E-state index contributed by atoms with van der Waals surface area (Å²) in [7, 11) is 0. The number of anilines is 1. The van der Waals surface area contributed by atoms with E-state index in [0.29, 0.717) is 23.8 Å². The number of aryl methyl sites for hydroxylation is 1. The summed E-state index contributed by atoms with van der Waals surface area (Å²) in [6, 6.07) is 5.45. The number of nitrogens with two attached hydrogens (primary N) is 1. The Morgan fingerprint density at radius 2 is 2.33 bits per heavy atom. The lowest BCUT2D eigenvalue weighted by atomic mass is 10.3. The van der Waals surface area contributed by atoms with Crippen LogP contribution in [-0.4, -0.2) is 21.5 Å². The zero-order chi connectivity index (χ0) is 10.8. The Morgan fingerprint density at radius 1 is 1.53 bits per heavy atom. The van der Waals surface area contributed by atoms with Crippen molar-refractivity contribution in [2.24, 2.45) is 0 Å². The van der Waals surface area contributed by atoms with Crippen LogP contribution in [0.25, 0.3) is 11.5 Å². The largest absolute Gasteiger partial charge is 0.460 e. The number of nitrogen functional groups attached to an aromatic ring is 1. The average Bonchev–Trinajstić information content (AvgIpc) is 2.75.